The zero-order valence-electron chi connectivity index (χ0n) is 15.2. The number of phenolic OH excluding ortho intramolecular Hbond substituents is 1. The second-order valence-electron chi connectivity index (χ2n) is 6.88. The Kier molecular flexibility index (Phi) is 3.88. The number of benzene rings is 2. The molecule has 1 atom stereocenters. The molecule has 1 amide bonds. The van der Waals surface area contributed by atoms with Crippen molar-refractivity contribution in [3.8, 4) is 5.75 Å². The molecule has 3 aromatic rings. The van der Waals surface area contributed by atoms with E-state index >= 15 is 0 Å². The molecule has 0 bridgehead atoms. The summed E-state index contributed by atoms with van der Waals surface area (Å²) in [6, 6.07) is 9.67. The van der Waals surface area contributed by atoms with Crippen LogP contribution in [0.3, 0.4) is 0 Å². The zero-order valence-corrected chi connectivity index (χ0v) is 15.2. The van der Waals surface area contributed by atoms with Gasteiger partial charge >= 0.3 is 0 Å². The maximum absolute atomic E-state index is 13.4. The maximum atomic E-state index is 13.4. The van der Waals surface area contributed by atoms with E-state index in [1.54, 1.807) is 41.3 Å². The van der Waals surface area contributed by atoms with E-state index in [0.29, 0.717) is 22.1 Å². The molecule has 2 aromatic carbocycles. The first-order valence-electron chi connectivity index (χ1n) is 8.71. The average molecular weight is 361 g/mol. The summed E-state index contributed by atoms with van der Waals surface area (Å²) in [7, 11) is 0. The van der Waals surface area contributed by atoms with Crippen molar-refractivity contribution in [2.24, 2.45) is 0 Å². The summed E-state index contributed by atoms with van der Waals surface area (Å²) in [5.41, 5.74) is 2.95. The minimum atomic E-state index is -0.626. The molecule has 2 heterocycles. The van der Waals surface area contributed by atoms with Crippen LogP contribution in [-0.4, -0.2) is 22.5 Å². The standard InChI is InChI=1S/C22H19NO4/c1-4-8-23-18(14-6-5-7-15(24)11-14)17-19(25)16-10-12(2)9-13(3)20(16)27-21(17)22(23)26/h4-7,9-11,18,24H,1,8H2,2-3H3/t18-/m0/s1. The molecule has 0 spiro atoms. The second kappa shape index (κ2) is 6.13. The Bertz CT molecular complexity index is 1160. The molecule has 4 rings (SSSR count). The molecule has 136 valence electrons. The van der Waals surface area contributed by atoms with Gasteiger partial charge in [0.15, 0.2) is 5.43 Å². The maximum Gasteiger partial charge on any atom is 0.291 e. The van der Waals surface area contributed by atoms with E-state index in [9.17, 15) is 14.7 Å². The highest BCUT2D eigenvalue weighted by Gasteiger charge is 2.42. The van der Waals surface area contributed by atoms with Crippen molar-refractivity contribution < 1.29 is 14.3 Å². The third-order valence-corrected chi connectivity index (χ3v) is 4.91. The van der Waals surface area contributed by atoms with Crippen LogP contribution in [0.4, 0.5) is 0 Å². The van der Waals surface area contributed by atoms with Gasteiger partial charge in [0, 0.05) is 6.54 Å². The molecule has 5 nitrogen and oxygen atoms in total. The minimum Gasteiger partial charge on any atom is -0.508 e. The Morgan fingerprint density at radius 1 is 1.22 bits per heavy atom. The van der Waals surface area contributed by atoms with Crippen LogP contribution in [0.1, 0.15) is 38.9 Å². The van der Waals surface area contributed by atoms with Crippen LogP contribution in [0.5, 0.6) is 5.75 Å². The van der Waals surface area contributed by atoms with Gasteiger partial charge in [-0.3, -0.25) is 9.59 Å². The first-order chi connectivity index (χ1) is 12.9. The second-order valence-corrected chi connectivity index (χ2v) is 6.88. The number of hydrogen-bond donors (Lipinski definition) is 1. The lowest BCUT2D eigenvalue weighted by Crippen LogP contribution is -2.29. The lowest BCUT2D eigenvalue weighted by atomic mass is 9.97. The Labute approximate surface area is 156 Å². The lowest BCUT2D eigenvalue weighted by molar-refractivity contribution is 0.0748. The van der Waals surface area contributed by atoms with Crippen molar-refractivity contribution in [2.75, 3.05) is 6.54 Å². The highest BCUT2D eigenvalue weighted by molar-refractivity contribution is 5.99. The van der Waals surface area contributed by atoms with E-state index in [1.807, 2.05) is 19.9 Å². The molecule has 0 unspecified atom stereocenters. The quantitative estimate of drug-likeness (QED) is 0.720. The van der Waals surface area contributed by atoms with Crippen molar-refractivity contribution in [3.63, 3.8) is 0 Å². The number of phenols is 1. The highest BCUT2D eigenvalue weighted by Crippen LogP contribution is 2.39. The van der Waals surface area contributed by atoms with E-state index in [0.717, 1.165) is 11.1 Å². The first-order valence-corrected chi connectivity index (χ1v) is 8.71. The van der Waals surface area contributed by atoms with E-state index in [1.165, 1.54) is 0 Å². The molecule has 1 N–H and O–H groups in total. The molecular formula is C22H19NO4. The molecule has 0 saturated carbocycles. The zero-order chi connectivity index (χ0) is 19.3. The molecule has 1 aromatic heterocycles. The number of aromatic hydroxyl groups is 1. The Hall–Kier alpha value is -3.34. The number of hydrogen-bond acceptors (Lipinski definition) is 4. The van der Waals surface area contributed by atoms with E-state index in [2.05, 4.69) is 6.58 Å². The van der Waals surface area contributed by atoms with Crippen molar-refractivity contribution in [1.29, 1.82) is 0 Å². The first kappa shape index (κ1) is 17.1. The van der Waals surface area contributed by atoms with Crippen LogP contribution in [0, 0.1) is 13.8 Å². The Morgan fingerprint density at radius 3 is 2.70 bits per heavy atom. The van der Waals surface area contributed by atoms with Gasteiger partial charge in [0.05, 0.1) is 17.0 Å². The minimum absolute atomic E-state index is 0.0645. The third kappa shape index (κ3) is 2.54. The third-order valence-electron chi connectivity index (χ3n) is 4.91. The summed E-state index contributed by atoms with van der Waals surface area (Å²) in [6.45, 7) is 7.76. The van der Waals surface area contributed by atoms with Crippen molar-refractivity contribution >= 4 is 16.9 Å². The van der Waals surface area contributed by atoms with Gasteiger partial charge in [0.25, 0.3) is 5.91 Å². The van der Waals surface area contributed by atoms with E-state index in [-0.39, 0.29) is 29.4 Å². The smallest absolute Gasteiger partial charge is 0.291 e. The number of carbonyl (C=O) groups excluding carboxylic acids is 1. The van der Waals surface area contributed by atoms with Crippen molar-refractivity contribution in [2.45, 2.75) is 19.9 Å². The van der Waals surface area contributed by atoms with Crippen LogP contribution in [-0.2, 0) is 0 Å². The molecule has 0 saturated heterocycles. The van der Waals surface area contributed by atoms with E-state index < -0.39 is 6.04 Å². The van der Waals surface area contributed by atoms with E-state index in [4.69, 9.17) is 4.42 Å². The number of aryl methyl sites for hydroxylation is 2. The van der Waals surface area contributed by atoms with Gasteiger partial charge < -0.3 is 14.4 Å². The fourth-order valence-electron chi connectivity index (χ4n) is 3.84. The van der Waals surface area contributed by atoms with Crippen LogP contribution in [0.25, 0.3) is 11.0 Å². The lowest BCUT2D eigenvalue weighted by Gasteiger charge is -2.23. The molecule has 5 heteroatoms. The molecule has 27 heavy (non-hydrogen) atoms. The summed E-state index contributed by atoms with van der Waals surface area (Å²) in [6.07, 6.45) is 1.61. The van der Waals surface area contributed by atoms with Crippen LogP contribution < -0.4 is 5.43 Å². The predicted molar refractivity (Wildman–Crippen MR) is 103 cm³/mol. The molecule has 0 aliphatic carbocycles. The van der Waals surface area contributed by atoms with Crippen LogP contribution in [0.2, 0.25) is 0 Å². The normalized spacial score (nSPS) is 16.0. The van der Waals surface area contributed by atoms with Crippen LogP contribution in [0.15, 0.2) is 58.3 Å². The summed E-state index contributed by atoms with van der Waals surface area (Å²) in [5, 5.41) is 10.4. The van der Waals surface area contributed by atoms with Crippen molar-refractivity contribution in [3.05, 3.63) is 87.3 Å². The van der Waals surface area contributed by atoms with Gasteiger partial charge in [0.1, 0.15) is 11.3 Å². The molecule has 1 aliphatic heterocycles. The number of amides is 1. The molecule has 1 aliphatic rings. The fraction of sp³-hybridized carbons (Fsp3) is 0.182. The van der Waals surface area contributed by atoms with Gasteiger partial charge in [-0.05, 0) is 48.7 Å². The van der Waals surface area contributed by atoms with Gasteiger partial charge in [-0.25, -0.2) is 0 Å². The highest BCUT2D eigenvalue weighted by atomic mass is 16.3. The topological polar surface area (TPSA) is 70.8 Å². The summed E-state index contributed by atoms with van der Waals surface area (Å²) >= 11 is 0. The number of nitrogens with zero attached hydrogens (tertiary/aromatic N) is 1. The molecule has 0 radical (unpaired) electrons. The van der Waals surface area contributed by atoms with Crippen molar-refractivity contribution in [1.82, 2.24) is 4.90 Å². The molecular weight excluding hydrogens is 342 g/mol. The number of fused-ring (bicyclic) bond motifs is 2. The summed E-state index contributed by atoms with van der Waals surface area (Å²) in [4.78, 5) is 27.9. The molecule has 0 fully saturated rings. The van der Waals surface area contributed by atoms with Gasteiger partial charge in [-0.15, -0.1) is 6.58 Å². The SMILES string of the molecule is C=CCN1C(=O)c2oc3c(C)cc(C)cc3c(=O)c2[C@@H]1c1cccc(O)c1. The van der Waals surface area contributed by atoms with Gasteiger partial charge in [-0.1, -0.05) is 24.3 Å². The number of rotatable bonds is 3. The Morgan fingerprint density at radius 2 is 2.00 bits per heavy atom. The largest absolute Gasteiger partial charge is 0.508 e. The van der Waals surface area contributed by atoms with Gasteiger partial charge in [0.2, 0.25) is 5.76 Å². The predicted octanol–water partition coefficient (Wildman–Crippen LogP) is 3.85. The summed E-state index contributed by atoms with van der Waals surface area (Å²) < 4.78 is 5.95. The summed E-state index contributed by atoms with van der Waals surface area (Å²) in [5.74, 6) is -0.212. The van der Waals surface area contributed by atoms with Crippen LogP contribution >= 0.6 is 0 Å². The Balaban J connectivity index is 2.07. The number of carbonyl (C=O) groups is 1. The monoisotopic (exact) mass is 361 g/mol. The average Bonchev–Trinajstić information content (AvgIpc) is 2.89. The fourth-order valence-corrected chi connectivity index (χ4v) is 3.84. The van der Waals surface area contributed by atoms with Gasteiger partial charge in [-0.2, -0.15) is 0 Å².